The molecule has 5 nitrogen and oxygen atoms in total. The van der Waals surface area contributed by atoms with Crippen molar-refractivity contribution in [2.75, 3.05) is 40.0 Å². The number of aliphatic hydroxyl groups is 1. The summed E-state index contributed by atoms with van der Waals surface area (Å²) in [6.07, 6.45) is -1.07. The number of aliphatic hydroxyl groups excluding tert-OH is 1. The Hall–Kier alpha value is -1.28. The van der Waals surface area contributed by atoms with E-state index < -0.39 is 11.9 Å². The molecule has 0 amide bonds. The minimum Gasteiger partial charge on any atom is -0.497 e. The molecule has 1 N–H and O–H groups in total. The number of β-amino-alcohol motifs (C(OH)–C–C–N with tert-alkyl or cyclic N) is 1. The summed E-state index contributed by atoms with van der Waals surface area (Å²) in [5.41, 5.74) is 0.553. The van der Waals surface area contributed by atoms with Gasteiger partial charge in [-0.05, 0) is 36.4 Å². The average Bonchev–Trinajstić information content (AvgIpc) is 2.70. The van der Waals surface area contributed by atoms with Crippen molar-refractivity contribution in [2.24, 2.45) is 0 Å². The van der Waals surface area contributed by atoms with Gasteiger partial charge < -0.3 is 19.3 Å². The van der Waals surface area contributed by atoms with Crippen LogP contribution >= 0.6 is 35.6 Å². The van der Waals surface area contributed by atoms with E-state index in [0.717, 1.165) is 5.75 Å². The van der Waals surface area contributed by atoms with Crippen LogP contribution in [0.25, 0.3) is 0 Å². The van der Waals surface area contributed by atoms with Crippen molar-refractivity contribution in [1.82, 2.24) is 4.90 Å². The van der Waals surface area contributed by atoms with Gasteiger partial charge in [-0.3, -0.25) is 4.90 Å². The van der Waals surface area contributed by atoms with Crippen molar-refractivity contribution in [3.63, 3.8) is 0 Å². The standard InChI is InChI=1S/C20H22Cl2FNO4.ClH/c1-26-14-2-4-15(5-3-14)28-12-13(25)10-24-6-7-27-20(11-24)16-8-19(23)18(22)9-17(16)21;/h2-5,8-9,13,20,25H,6-7,10-12H2,1H3;1H. The number of rotatable bonds is 7. The van der Waals surface area contributed by atoms with Crippen molar-refractivity contribution in [3.8, 4) is 11.5 Å². The van der Waals surface area contributed by atoms with E-state index in [1.807, 2.05) is 4.90 Å². The molecule has 2 aromatic rings. The Kier molecular flexibility index (Phi) is 9.27. The van der Waals surface area contributed by atoms with Crippen LogP contribution < -0.4 is 9.47 Å². The summed E-state index contributed by atoms with van der Waals surface area (Å²) in [5.74, 6) is 0.863. The molecule has 0 radical (unpaired) electrons. The first-order chi connectivity index (χ1) is 13.5. The van der Waals surface area contributed by atoms with Crippen LogP contribution in [0, 0.1) is 5.82 Å². The van der Waals surface area contributed by atoms with E-state index >= 15 is 0 Å². The van der Waals surface area contributed by atoms with E-state index in [1.54, 1.807) is 31.4 Å². The largest absolute Gasteiger partial charge is 0.497 e. The Morgan fingerprint density at radius 3 is 2.59 bits per heavy atom. The Morgan fingerprint density at radius 1 is 1.21 bits per heavy atom. The highest BCUT2D eigenvalue weighted by Gasteiger charge is 2.26. The molecule has 0 aromatic heterocycles. The molecular formula is C20H23Cl3FNO4. The maximum absolute atomic E-state index is 13.8. The van der Waals surface area contributed by atoms with E-state index in [1.165, 1.54) is 12.1 Å². The quantitative estimate of drug-likeness (QED) is 0.614. The monoisotopic (exact) mass is 465 g/mol. The molecule has 2 atom stereocenters. The summed E-state index contributed by atoms with van der Waals surface area (Å²) in [5, 5.41) is 10.7. The first-order valence-electron chi connectivity index (χ1n) is 8.89. The predicted molar refractivity (Wildman–Crippen MR) is 113 cm³/mol. The molecule has 2 unspecified atom stereocenters. The molecule has 9 heteroatoms. The van der Waals surface area contributed by atoms with Crippen LogP contribution in [-0.4, -0.2) is 56.1 Å². The Morgan fingerprint density at radius 2 is 1.90 bits per heavy atom. The summed E-state index contributed by atoms with van der Waals surface area (Å²) >= 11 is 12.0. The van der Waals surface area contributed by atoms with Crippen molar-refractivity contribution in [1.29, 1.82) is 0 Å². The topological polar surface area (TPSA) is 51.2 Å². The minimum absolute atomic E-state index is 0. The van der Waals surface area contributed by atoms with Gasteiger partial charge in [0, 0.05) is 30.2 Å². The molecular weight excluding hydrogens is 444 g/mol. The van der Waals surface area contributed by atoms with Crippen molar-refractivity contribution in [2.45, 2.75) is 12.2 Å². The molecule has 1 aliphatic rings. The summed E-state index contributed by atoms with van der Waals surface area (Å²) in [6.45, 7) is 2.16. The first kappa shape index (κ1) is 24.0. The SMILES string of the molecule is COc1ccc(OCC(O)CN2CCOC(c3cc(F)c(Cl)cc3Cl)C2)cc1.Cl. The number of hydrogen-bond donors (Lipinski definition) is 1. The number of hydrogen-bond acceptors (Lipinski definition) is 5. The van der Waals surface area contributed by atoms with Crippen LogP contribution in [-0.2, 0) is 4.74 Å². The molecule has 0 aliphatic carbocycles. The Labute approximate surface area is 185 Å². The summed E-state index contributed by atoms with van der Waals surface area (Å²) < 4.78 is 30.3. The van der Waals surface area contributed by atoms with Gasteiger partial charge in [-0.1, -0.05) is 23.2 Å². The number of nitrogens with zero attached hydrogens (tertiary/aromatic N) is 1. The molecule has 1 heterocycles. The number of ether oxygens (including phenoxy) is 3. The number of benzene rings is 2. The summed E-state index contributed by atoms with van der Waals surface area (Å²) in [6, 6.07) is 9.85. The van der Waals surface area contributed by atoms with Crippen molar-refractivity contribution < 1.29 is 23.7 Å². The lowest BCUT2D eigenvalue weighted by Gasteiger charge is -2.34. The van der Waals surface area contributed by atoms with E-state index in [9.17, 15) is 9.50 Å². The zero-order chi connectivity index (χ0) is 20.1. The second kappa shape index (κ2) is 11.2. The molecule has 0 bridgehead atoms. The maximum atomic E-state index is 13.8. The average molecular weight is 467 g/mol. The van der Waals surface area contributed by atoms with Crippen LogP contribution in [0.15, 0.2) is 36.4 Å². The highest BCUT2D eigenvalue weighted by molar-refractivity contribution is 6.35. The van der Waals surface area contributed by atoms with E-state index in [0.29, 0.717) is 42.6 Å². The molecule has 160 valence electrons. The van der Waals surface area contributed by atoms with Gasteiger partial charge in [0.1, 0.15) is 30.0 Å². The van der Waals surface area contributed by atoms with Crippen LogP contribution in [0.3, 0.4) is 0 Å². The van der Waals surface area contributed by atoms with Gasteiger partial charge in [-0.25, -0.2) is 4.39 Å². The third-order valence-electron chi connectivity index (χ3n) is 4.51. The number of morpholine rings is 1. The molecule has 0 spiro atoms. The van der Waals surface area contributed by atoms with Crippen molar-refractivity contribution in [3.05, 3.63) is 57.8 Å². The fourth-order valence-electron chi connectivity index (χ4n) is 3.06. The van der Waals surface area contributed by atoms with Gasteiger partial charge >= 0.3 is 0 Å². The van der Waals surface area contributed by atoms with Crippen LogP contribution in [0.1, 0.15) is 11.7 Å². The molecule has 1 saturated heterocycles. The lowest BCUT2D eigenvalue weighted by atomic mass is 10.1. The first-order valence-corrected chi connectivity index (χ1v) is 9.65. The molecule has 29 heavy (non-hydrogen) atoms. The smallest absolute Gasteiger partial charge is 0.142 e. The fourth-order valence-corrected chi connectivity index (χ4v) is 3.56. The molecule has 1 fully saturated rings. The predicted octanol–water partition coefficient (Wildman–Crippen LogP) is 4.38. The molecule has 3 rings (SSSR count). The number of halogens is 4. The highest BCUT2D eigenvalue weighted by Crippen LogP contribution is 2.32. The zero-order valence-corrected chi connectivity index (χ0v) is 18.1. The van der Waals surface area contributed by atoms with Gasteiger partial charge in [0.05, 0.1) is 24.8 Å². The van der Waals surface area contributed by atoms with E-state index in [2.05, 4.69) is 0 Å². The lowest BCUT2D eigenvalue weighted by molar-refractivity contribution is -0.0460. The van der Waals surface area contributed by atoms with Gasteiger partial charge in [-0.15, -0.1) is 12.4 Å². The second-order valence-electron chi connectivity index (χ2n) is 6.55. The third kappa shape index (κ3) is 6.60. The fraction of sp³-hybridized carbons (Fsp3) is 0.400. The van der Waals surface area contributed by atoms with E-state index in [4.69, 9.17) is 37.4 Å². The normalized spacial score (nSPS) is 18.0. The minimum atomic E-state index is -0.682. The highest BCUT2D eigenvalue weighted by atomic mass is 35.5. The van der Waals surface area contributed by atoms with Crippen LogP contribution in [0.4, 0.5) is 4.39 Å². The molecule has 0 saturated carbocycles. The maximum Gasteiger partial charge on any atom is 0.142 e. The Bertz CT molecular complexity index is 794. The van der Waals surface area contributed by atoms with Gasteiger partial charge in [-0.2, -0.15) is 0 Å². The van der Waals surface area contributed by atoms with Gasteiger partial charge in [0.25, 0.3) is 0 Å². The van der Waals surface area contributed by atoms with Crippen molar-refractivity contribution >= 4 is 35.6 Å². The molecule has 2 aromatic carbocycles. The van der Waals surface area contributed by atoms with Gasteiger partial charge in [0.15, 0.2) is 0 Å². The summed E-state index contributed by atoms with van der Waals surface area (Å²) in [4.78, 5) is 2.04. The van der Waals surface area contributed by atoms with Crippen LogP contribution in [0.2, 0.25) is 10.0 Å². The van der Waals surface area contributed by atoms with E-state index in [-0.39, 0.29) is 30.1 Å². The zero-order valence-electron chi connectivity index (χ0n) is 15.8. The van der Waals surface area contributed by atoms with Gasteiger partial charge in [0.2, 0.25) is 0 Å². The molecule has 1 aliphatic heterocycles. The van der Waals surface area contributed by atoms with Crippen LogP contribution in [0.5, 0.6) is 11.5 Å². The lowest BCUT2D eigenvalue weighted by Crippen LogP contribution is -2.43. The Balaban J connectivity index is 0.00000300. The summed E-state index contributed by atoms with van der Waals surface area (Å²) in [7, 11) is 1.60. The third-order valence-corrected chi connectivity index (χ3v) is 5.12. The second-order valence-corrected chi connectivity index (χ2v) is 7.36. The number of methoxy groups -OCH3 is 1.